The van der Waals surface area contributed by atoms with Crippen LogP contribution in [0.5, 0.6) is 0 Å². The molecule has 0 unspecified atom stereocenters. The van der Waals surface area contributed by atoms with E-state index in [2.05, 4.69) is 20.4 Å². The van der Waals surface area contributed by atoms with Gasteiger partial charge in [-0.2, -0.15) is 5.10 Å². The van der Waals surface area contributed by atoms with Crippen molar-refractivity contribution in [2.75, 3.05) is 11.1 Å². The van der Waals surface area contributed by atoms with E-state index >= 15 is 0 Å². The van der Waals surface area contributed by atoms with E-state index < -0.39 is 0 Å². The fourth-order valence-electron chi connectivity index (χ4n) is 2.84. The van der Waals surface area contributed by atoms with E-state index in [1.807, 2.05) is 18.4 Å². The second-order valence-electron chi connectivity index (χ2n) is 6.15. The van der Waals surface area contributed by atoms with Crippen LogP contribution in [-0.2, 0) is 11.8 Å². The molecule has 1 amide bonds. The summed E-state index contributed by atoms with van der Waals surface area (Å²) in [5, 5.41) is 10.7. The number of aromatic nitrogens is 4. The summed E-state index contributed by atoms with van der Waals surface area (Å²) in [5.41, 5.74) is 2.66. The van der Waals surface area contributed by atoms with E-state index in [0.717, 1.165) is 32.1 Å². The minimum Gasteiger partial charge on any atom is -0.310 e. The van der Waals surface area contributed by atoms with Gasteiger partial charge in [0.2, 0.25) is 5.91 Å². The largest absolute Gasteiger partial charge is 0.310 e. The highest BCUT2D eigenvalue weighted by Gasteiger charge is 2.15. The van der Waals surface area contributed by atoms with E-state index in [4.69, 9.17) is 0 Å². The van der Waals surface area contributed by atoms with Crippen LogP contribution in [0.15, 0.2) is 47.1 Å². The highest BCUT2D eigenvalue weighted by molar-refractivity contribution is 8.00. The van der Waals surface area contributed by atoms with Crippen molar-refractivity contribution in [2.45, 2.75) is 11.9 Å². The van der Waals surface area contributed by atoms with Gasteiger partial charge < -0.3 is 5.32 Å². The summed E-state index contributed by atoms with van der Waals surface area (Å²) in [6, 6.07) is 8.14. The first kappa shape index (κ1) is 18.6. The molecule has 28 heavy (non-hydrogen) atoms. The number of halogens is 1. The number of carbonyl (C=O) groups is 1. The van der Waals surface area contributed by atoms with Gasteiger partial charge in [-0.15, -0.1) is 11.3 Å². The first-order chi connectivity index (χ1) is 13.5. The number of hydrogen-bond donors (Lipinski definition) is 1. The van der Waals surface area contributed by atoms with Crippen molar-refractivity contribution in [1.29, 1.82) is 0 Å². The lowest BCUT2D eigenvalue weighted by Crippen LogP contribution is -2.16. The molecule has 0 aliphatic carbocycles. The molecular weight excluding hydrogens is 397 g/mol. The summed E-state index contributed by atoms with van der Waals surface area (Å²) in [7, 11) is 1.78. The molecule has 3 aromatic heterocycles. The topological polar surface area (TPSA) is 72.7 Å². The molecule has 0 radical (unpaired) electrons. The molecule has 0 aliphatic heterocycles. The maximum absolute atomic E-state index is 13.3. The van der Waals surface area contributed by atoms with Gasteiger partial charge in [0, 0.05) is 24.1 Å². The fourth-order valence-corrected chi connectivity index (χ4v) is 4.63. The molecule has 0 fully saturated rings. The average molecular weight is 414 g/mol. The van der Waals surface area contributed by atoms with Crippen LogP contribution >= 0.6 is 23.1 Å². The van der Waals surface area contributed by atoms with Crippen LogP contribution in [0.25, 0.3) is 21.3 Å². The number of benzene rings is 1. The Morgan fingerprint density at radius 2 is 2.07 bits per heavy atom. The smallest absolute Gasteiger partial charge is 0.235 e. The highest BCUT2D eigenvalue weighted by Crippen LogP contribution is 2.37. The van der Waals surface area contributed by atoms with Gasteiger partial charge in [0.25, 0.3) is 0 Å². The summed E-state index contributed by atoms with van der Waals surface area (Å²) in [6.45, 7) is 1.87. The number of thiophene rings is 1. The Balaban J connectivity index is 1.57. The second-order valence-corrected chi connectivity index (χ2v) is 7.97. The highest BCUT2D eigenvalue weighted by atomic mass is 32.2. The molecule has 4 aromatic rings. The fraction of sp³-hybridized carbons (Fsp3) is 0.158. The quantitative estimate of drug-likeness (QED) is 0.391. The van der Waals surface area contributed by atoms with Crippen LogP contribution < -0.4 is 5.32 Å². The van der Waals surface area contributed by atoms with Crippen LogP contribution in [0, 0.1) is 12.7 Å². The summed E-state index contributed by atoms with van der Waals surface area (Å²) < 4.78 is 14.9. The monoisotopic (exact) mass is 413 g/mol. The number of aryl methyl sites for hydroxylation is 2. The first-order valence-electron chi connectivity index (χ1n) is 8.42. The molecule has 4 rings (SSSR count). The Morgan fingerprint density at radius 1 is 1.29 bits per heavy atom. The van der Waals surface area contributed by atoms with Gasteiger partial charge in [-0.25, -0.2) is 14.4 Å². The molecule has 0 spiro atoms. The second kappa shape index (κ2) is 7.69. The molecule has 0 atom stereocenters. The minimum atomic E-state index is -0.281. The lowest BCUT2D eigenvalue weighted by Gasteiger charge is -2.07. The van der Waals surface area contributed by atoms with E-state index in [1.54, 1.807) is 23.9 Å². The van der Waals surface area contributed by atoms with Crippen LogP contribution in [0.4, 0.5) is 10.2 Å². The summed E-state index contributed by atoms with van der Waals surface area (Å²) in [5.74, 6) is 0.433. The molecule has 0 saturated carbocycles. The maximum atomic E-state index is 13.3. The number of anilines is 1. The van der Waals surface area contributed by atoms with Crippen LogP contribution in [-0.4, -0.2) is 31.4 Å². The van der Waals surface area contributed by atoms with Crippen LogP contribution in [0.1, 0.15) is 5.69 Å². The Hall–Kier alpha value is -2.78. The Bertz CT molecular complexity index is 1150. The van der Waals surface area contributed by atoms with Gasteiger partial charge in [-0.1, -0.05) is 23.9 Å². The molecule has 6 nitrogen and oxygen atoms in total. The van der Waals surface area contributed by atoms with E-state index in [9.17, 15) is 9.18 Å². The van der Waals surface area contributed by atoms with Gasteiger partial charge in [0.1, 0.15) is 27.8 Å². The molecule has 0 bridgehead atoms. The third-order valence-electron chi connectivity index (χ3n) is 4.10. The van der Waals surface area contributed by atoms with Crippen LogP contribution in [0.3, 0.4) is 0 Å². The van der Waals surface area contributed by atoms with Crippen LogP contribution in [0.2, 0.25) is 0 Å². The Morgan fingerprint density at radius 3 is 2.79 bits per heavy atom. The Labute approximate surface area is 168 Å². The van der Waals surface area contributed by atoms with Crippen molar-refractivity contribution in [3.05, 3.63) is 53.6 Å². The zero-order valence-electron chi connectivity index (χ0n) is 15.1. The standard InChI is InChI=1S/C19H16FN5OS2/c1-11-7-15(25(2)24-11)23-16(26)9-28-19-17-14(8-27-18(17)21-10-22-19)12-3-5-13(20)6-4-12/h3-8,10H,9H2,1-2H3,(H,23,26). The van der Waals surface area contributed by atoms with Crippen molar-refractivity contribution in [2.24, 2.45) is 7.05 Å². The maximum Gasteiger partial charge on any atom is 0.235 e. The number of fused-ring (bicyclic) bond motifs is 1. The van der Waals surface area contributed by atoms with E-state index in [-0.39, 0.29) is 17.5 Å². The molecule has 3 heterocycles. The van der Waals surface area contributed by atoms with Crippen molar-refractivity contribution in [3.8, 4) is 11.1 Å². The predicted molar refractivity (Wildman–Crippen MR) is 110 cm³/mol. The zero-order valence-corrected chi connectivity index (χ0v) is 16.8. The number of hydrogen-bond acceptors (Lipinski definition) is 6. The number of nitrogens with zero attached hydrogens (tertiary/aromatic N) is 4. The summed E-state index contributed by atoms with van der Waals surface area (Å²) in [6.07, 6.45) is 1.50. The number of rotatable bonds is 5. The van der Waals surface area contributed by atoms with Crippen molar-refractivity contribution < 1.29 is 9.18 Å². The van der Waals surface area contributed by atoms with Crippen molar-refractivity contribution in [3.63, 3.8) is 0 Å². The average Bonchev–Trinajstić information content (AvgIpc) is 3.24. The molecule has 0 saturated heterocycles. The summed E-state index contributed by atoms with van der Waals surface area (Å²) in [4.78, 5) is 21.9. The van der Waals surface area contributed by atoms with Crippen molar-refractivity contribution >= 4 is 45.0 Å². The molecule has 9 heteroatoms. The number of carbonyl (C=O) groups excluding carboxylic acids is 1. The minimum absolute atomic E-state index is 0.140. The third kappa shape index (κ3) is 3.76. The predicted octanol–water partition coefficient (Wildman–Crippen LogP) is 4.27. The molecule has 0 aliphatic rings. The first-order valence-corrected chi connectivity index (χ1v) is 10.3. The number of nitrogens with one attached hydrogen (secondary N) is 1. The molecule has 1 N–H and O–H groups in total. The lowest BCUT2D eigenvalue weighted by atomic mass is 10.1. The van der Waals surface area contributed by atoms with Gasteiger partial charge >= 0.3 is 0 Å². The molecule has 1 aromatic carbocycles. The number of amides is 1. The molecule has 142 valence electrons. The Kier molecular flexibility index (Phi) is 5.10. The van der Waals surface area contributed by atoms with Gasteiger partial charge in [-0.05, 0) is 24.6 Å². The zero-order chi connectivity index (χ0) is 19.7. The van der Waals surface area contributed by atoms with E-state index in [1.165, 1.54) is 41.6 Å². The molecular formula is C19H16FN5OS2. The van der Waals surface area contributed by atoms with Gasteiger partial charge in [0.15, 0.2) is 0 Å². The van der Waals surface area contributed by atoms with E-state index in [0.29, 0.717) is 5.82 Å². The summed E-state index contributed by atoms with van der Waals surface area (Å²) >= 11 is 2.84. The third-order valence-corrected chi connectivity index (χ3v) is 5.98. The van der Waals surface area contributed by atoms with Gasteiger partial charge in [-0.3, -0.25) is 9.48 Å². The lowest BCUT2D eigenvalue weighted by molar-refractivity contribution is -0.113. The van der Waals surface area contributed by atoms with Gasteiger partial charge in [0.05, 0.1) is 16.8 Å². The number of thioether (sulfide) groups is 1. The normalized spacial score (nSPS) is 11.1. The SMILES string of the molecule is Cc1cc(NC(=O)CSc2ncnc3scc(-c4ccc(F)cc4)c23)n(C)n1. The van der Waals surface area contributed by atoms with Crippen molar-refractivity contribution in [1.82, 2.24) is 19.7 Å².